The van der Waals surface area contributed by atoms with E-state index in [1.54, 1.807) is 6.20 Å². The van der Waals surface area contributed by atoms with E-state index in [1.165, 1.54) is 0 Å². The molecule has 4 nitrogen and oxygen atoms in total. The first kappa shape index (κ1) is 11.9. The van der Waals surface area contributed by atoms with E-state index in [4.69, 9.17) is 9.47 Å². The van der Waals surface area contributed by atoms with Crippen LogP contribution in [0.3, 0.4) is 0 Å². The van der Waals surface area contributed by atoms with Crippen molar-refractivity contribution < 1.29 is 9.47 Å². The number of aromatic nitrogens is 2. The van der Waals surface area contributed by atoms with Gasteiger partial charge in [0.1, 0.15) is 0 Å². The summed E-state index contributed by atoms with van der Waals surface area (Å²) in [6.45, 7) is 0.290. The molecule has 1 aromatic heterocycles. The number of rotatable bonds is 2. The lowest BCUT2D eigenvalue weighted by atomic mass is 10.2. The molecule has 0 aliphatic carbocycles. The van der Waals surface area contributed by atoms with E-state index in [1.807, 2.05) is 54.6 Å². The van der Waals surface area contributed by atoms with Crippen molar-refractivity contribution in [1.82, 2.24) is 9.97 Å². The number of fused-ring (bicyclic) bond motifs is 2. The molecule has 3 aromatic rings. The average molecular weight is 276 g/mol. The Hall–Kier alpha value is -2.88. The predicted molar refractivity (Wildman–Crippen MR) is 81.0 cm³/mol. The zero-order chi connectivity index (χ0) is 14.1. The smallest absolute Gasteiger partial charge is 0.231 e. The summed E-state index contributed by atoms with van der Waals surface area (Å²) in [7, 11) is 0. The minimum Gasteiger partial charge on any atom is -0.454 e. The molecule has 21 heavy (non-hydrogen) atoms. The van der Waals surface area contributed by atoms with Gasteiger partial charge in [-0.15, -0.1) is 0 Å². The van der Waals surface area contributed by atoms with Crippen molar-refractivity contribution in [1.29, 1.82) is 0 Å². The van der Waals surface area contributed by atoms with Crippen molar-refractivity contribution in [3.8, 4) is 11.5 Å². The number of para-hydroxylation sites is 2. The number of benzene rings is 2. The SMILES string of the molecule is C(=Cc1cnc2ccccc2n1)c1ccc2c(c1)OCO2. The monoisotopic (exact) mass is 276 g/mol. The summed E-state index contributed by atoms with van der Waals surface area (Å²) in [5.41, 5.74) is 3.66. The molecule has 0 amide bonds. The van der Waals surface area contributed by atoms with Gasteiger partial charge in [0, 0.05) is 0 Å². The highest BCUT2D eigenvalue weighted by molar-refractivity contribution is 5.77. The van der Waals surface area contributed by atoms with E-state index in [-0.39, 0.29) is 0 Å². The number of nitrogens with zero attached hydrogens (tertiary/aromatic N) is 2. The molecule has 0 saturated carbocycles. The molecule has 2 aromatic carbocycles. The van der Waals surface area contributed by atoms with Gasteiger partial charge in [-0.1, -0.05) is 24.3 Å². The molecule has 102 valence electrons. The summed E-state index contributed by atoms with van der Waals surface area (Å²) in [6.07, 6.45) is 5.70. The molecule has 2 heterocycles. The third kappa shape index (κ3) is 2.31. The predicted octanol–water partition coefficient (Wildman–Crippen LogP) is 3.53. The molecule has 0 spiro atoms. The lowest BCUT2D eigenvalue weighted by Crippen LogP contribution is -1.92. The third-order valence-corrected chi connectivity index (χ3v) is 3.31. The Morgan fingerprint density at radius 2 is 1.76 bits per heavy atom. The Labute approximate surface area is 121 Å². The summed E-state index contributed by atoms with van der Waals surface area (Å²) < 4.78 is 10.7. The van der Waals surface area contributed by atoms with E-state index in [0.29, 0.717) is 6.79 Å². The van der Waals surface area contributed by atoms with Crippen LogP contribution >= 0.6 is 0 Å². The minimum absolute atomic E-state index is 0.290. The maximum atomic E-state index is 5.36. The van der Waals surface area contributed by atoms with Crippen LogP contribution in [0.25, 0.3) is 23.2 Å². The molecule has 0 saturated heterocycles. The van der Waals surface area contributed by atoms with E-state index >= 15 is 0 Å². The average Bonchev–Trinajstić information content (AvgIpc) is 3.00. The van der Waals surface area contributed by atoms with Gasteiger partial charge >= 0.3 is 0 Å². The third-order valence-electron chi connectivity index (χ3n) is 3.31. The van der Waals surface area contributed by atoms with E-state index in [2.05, 4.69) is 9.97 Å². The lowest BCUT2D eigenvalue weighted by molar-refractivity contribution is 0.174. The summed E-state index contributed by atoms with van der Waals surface area (Å²) in [5, 5.41) is 0. The Kier molecular flexibility index (Phi) is 2.78. The molecular formula is C17H12N2O2. The van der Waals surface area contributed by atoms with Crippen LogP contribution in [0, 0.1) is 0 Å². The molecular weight excluding hydrogens is 264 g/mol. The molecule has 0 bridgehead atoms. The van der Waals surface area contributed by atoms with Crippen LogP contribution < -0.4 is 9.47 Å². The van der Waals surface area contributed by atoms with E-state index in [9.17, 15) is 0 Å². The molecule has 0 atom stereocenters. The Morgan fingerprint density at radius 3 is 2.71 bits per heavy atom. The summed E-state index contributed by atoms with van der Waals surface area (Å²) in [4.78, 5) is 8.95. The first-order chi connectivity index (χ1) is 10.4. The normalized spacial score (nSPS) is 13.1. The van der Waals surface area contributed by atoms with Gasteiger partial charge in [-0.3, -0.25) is 4.98 Å². The van der Waals surface area contributed by atoms with Crippen molar-refractivity contribution in [2.45, 2.75) is 0 Å². The van der Waals surface area contributed by atoms with Crippen molar-refractivity contribution in [3.63, 3.8) is 0 Å². The summed E-state index contributed by atoms with van der Waals surface area (Å²) in [6, 6.07) is 13.7. The van der Waals surface area contributed by atoms with Gasteiger partial charge in [0.05, 0.1) is 22.9 Å². The van der Waals surface area contributed by atoms with Gasteiger partial charge < -0.3 is 9.47 Å². The van der Waals surface area contributed by atoms with Gasteiger partial charge in [-0.05, 0) is 35.9 Å². The zero-order valence-electron chi connectivity index (χ0n) is 11.2. The minimum atomic E-state index is 0.290. The van der Waals surface area contributed by atoms with Crippen molar-refractivity contribution in [3.05, 3.63) is 59.9 Å². The standard InChI is InChI=1S/C17H12N2O2/c1-2-4-15-14(3-1)18-10-13(19-15)7-5-12-6-8-16-17(9-12)21-11-20-16/h1-10H,11H2. The van der Waals surface area contributed by atoms with Crippen molar-refractivity contribution >= 4 is 23.2 Å². The van der Waals surface area contributed by atoms with Crippen molar-refractivity contribution in [2.75, 3.05) is 6.79 Å². The second-order valence-electron chi connectivity index (χ2n) is 4.73. The summed E-state index contributed by atoms with van der Waals surface area (Å²) in [5.74, 6) is 1.57. The maximum absolute atomic E-state index is 5.36. The number of hydrogen-bond donors (Lipinski definition) is 0. The van der Waals surface area contributed by atoms with Crippen LogP contribution in [0.1, 0.15) is 11.3 Å². The fourth-order valence-corrected chi connectivity index (χ4v) is 2.25. The maximum Gasteiger partial charge on any atom is 0.231 e. The van der Waals surface area contributed by atoms with Gasteiger partial charge in [0.25, 0.3) is 0 Å². The second kappa shape index (κ2) is 4.90. The Morgan fingerprint density at radius 1 is 0.905 bits per heavy atom. The highest BCUT2D eigenvalue weighted by Crippen LogP contribution is 2.32. The molecule has 4 rings (SSSR count). The molecule has 1 aliphatic rings. The topological polar surface area (TPSA) is 44.2 Å². The van der Waals surface area contributed by atoms with Crippen LogP contribution in [0.4, 0.5) is 0 Å². The summed E-state index contributed by atoms with van der Waals surface area (Å²) >= 11 is 0. The van der Waals surface area contributed by atoms with Gasteiger partial charge in [-0.2, -0.15) is 0 Å². The molecule has 4 heteroatoms. The molecule has 0 N–H and O–H groups in total. The highest BCUT2D eigenvalue weighted by atomic mass is 16.7. The first-order valence-electron chi connectivity index (χ1n) is 6.68. The number of ether oxygens (including phenoxy) is 2. The number of hydrogen-bond acceptors (Lipinski definition) is 4. The van der Waals surface area contributed by atoms with Crippen LogP contribution in [0.2, 0.25) is 0 Å². The molecule has 0 unspecified atom stereocenters. The van der Waals surface area contributed by atoms with Gasteiger partial charge in [0.2, 0.25) is 6.79 Å². The van der Waals surface area contributed by atoms with Crippen LogP contribution in [-0.4, -0.2) is 16.8 Å². The van der Waals surface area contributed by atoms with E-state index < -0.39 is 0 Å². The molecule has 1 aliphatic heterocycles. The lowest BCUT2D eigenvalue weighted by Gasteiger charge is -1.99. The molecule has 0 radical (unpaired) electrons. The van der Waals surface area contributed by atoms with Gasteiger partial charge in [-0.25, -0.2) is 4.98 Å². The largest absolute Gasteiger partial charge is 0.454 e. The van der Waals surface area contributed by atoms with Crippen LogP contribution in [0.15, 0.2) is 48.7 Å². The van der Waals surface area contributed by atoms with E-state index in [0.717, 1.165) is 33.8 Å². The fraction of sp³-hybridized carbons (Fsp3) is 0.0588. The van der Waals surface area contributed by atoms with Crippen LogP contribution in [-0.2, 0) is 0 Å². The fourth-order valence-electron chi connectivity index (χ4n) is 2.25. The van der Waals surface area contributed by atoms with Gasteiger partial charge in [0.15, 0.2) is 11.5 Å². The highest BCUT2D eigenvalue weighted by Gasteiger charge is 2.12. The van der Waals surface area contributed by atoms with Crippen molar-refractivity contribution in [2.24, 2.45) is 0 Å². The quantitative estimate of drug-likeness (QED) is 0.718. The Bertz CT molecular complexity index is 843. The Balaban J connectivity index is 1.64. The molecule has 0 fully saturated rings. The first-order valence-corrected chi connectivity index (χ1v) is 6.68. The zero-order valence-corrected chi connectivity index (χ0v) is 11.2. The second-order valence-corrected chi connectivity index (χ2v) is 4.73. The van der Waals surface area contributed by atoms with Crippen LogP contribution in [0.5, 0.6) is 11.5 Å².